The lowest BCUT2D eigenvalue weighted by Crippen LogP contribution is -2.34. The number of hydrogen-bond donors (Lipinski definition) is 1. The molecule has 0 amide bonds. The van der Waals surface area contributed by atoms with Crippen molar-refractivity contribution in [3.63, 3.8) is 0 Å². The molecule has 1 aromatic heterocycles. The molecule has 118 valence electrons. The van der Waals surface area contributed by atoms with Crippen LogP contribution in [0.1, 0.15) is 75.3 Å². The van der Waals surface area contributed by atoms with E-state index in [9.17, 15) is 0 Å². The Morgan fingerprint density at radius 2 is 1.86 bits per heavy atom. The number of hydrogen-bond acceptors (Lipinski definition) is 4. The van der Waals surface area contributed by atoms with Gasteiger partial charge in [-0.05, 0) is 31.2 Å². The molecular formula is C18H25N3O. The van der Waals surface area contributed by atoms with Crippen LogP contribution in [0.5, 0.6) is 0 Å². The van der Waals surface area contributed by atoms with E-state index in [0.29, 0.717) is 23.8 Å². The highest BCUT2D eigenvalue weighted by molar-refractivity contribution is 5.20. The lowest BCUT2D eigenvalue weighted by Gasteiger charge is -2.36. The van der Waals surface area contributed by atoms with E-state index in [1.807, 2.05) is 0 Å². The van der Waals surface area contributed by atoms with Crippen LogP contribution in [0.4, 0.5) is 0 Å². The largest absolute Gasteiger partial charge is 0.338 e. The third kappa shape index (κ3) is 3.22. The Kier molecular flexibility index (Phi) is 4.57. The molecule has 1 fully saturated rings. The smallest absolute Gasteiger partial charge is 0.243 e. The van der Waals surface area contributed by atoms with Gasteiger partial charge in [-0.15, -0.1) is 0 Å². The van der Waals surface area contributed by atoms with Crippen molar-refractivity contribution < 1.29 is 4.52 Å². The third-order valence-electron chi connectivity index (χ3n) is 4.55. The highest BCUT2D eigenvalue weighted by atomic mass is 16.5. The first-order valence-corrected chi connectivity index (χ1v) is 8.29. The summed E-state index contributed by atoms with van der Waals surface area (Å²) in [6.07, 6.45) is 3.92. The zero-order valence-corrected chi connectivity index (χ0v) is 13.6. The van der Waals surface area contributed by atoms with Crippen molar-refractivity contribution in [2.24, 2.45) is 5.92 Å². The summed E-state index contributed by atoms with van der Waals surface area (Å²) in [7, 11) is 0. The van der Waals surface area contributed by atoms with E-state index in [1.165, 1.54) is 24.8 Å². The maximum Gasteiger partial charge on any atom is 0.243 e. The summed E-state index contributed by atoms with van der Waals surface area (Å²) >= 11 is 0. The van der Waals surface area contributed by atoms with Crippen molar-refractivity contribution in [3.8, 4) is 0 Å². The van der Waals surface area contributed by atoms with E-state index in [2.05, 4.69) is 66.6 Å². The minimum atomic E-state index is 0.0609. The minimum Gasteiger partial charge on any atom is -0.338 e. The van der Waals surface area contributed by atoms with Gasteiger partial charge in [0.05, 0.1) is 6.04 Å². The number of aromatic nitrogens is 2. The summed E-state index contributed by atoms with van der Waals surface area (Å²) in [4.78, 5) is 4.52. The number of nitrogens with one attached hydrogen (secondary N) is 1. The molecule has 3 rings (SSSR count). The molecule has 1 N–H and O–H groups in total. The molecule has 1 aliphatic rings. The molecule has 1 aliphatic carbocycles. The van der Waals surface area contributed by atoms with Crippen LogP contribution >= 0.6 is 0 Å². The molecule has 0 bridgehead atoms. The molecule has 4 nitrogen and oxygen atoms in total. The molecule has 1 saturated carbocycles. The fraction of sp³-hybridized carbons (Fsp3) is 0.556. The van der Waals surface area contributed by atoms with Crippen molar-refractivity contribution in [3.05, 3.63) is 47.6 Å². The van der Waals surface area contributed by atoms with Crippen LogP contribution in [0.3, 0.4) is 0 Å². The van der Waals surface area contributed by atoms with Crippen molar-refractivity contribution >= 4 is 0 Å². The van der Waals surface area contributed by atoms with Crippen molar-refractivity contribution in [2.45, 2.75) is 58.0 Å². The molecule has 0 saturated heterocycles. The first-order valence-electron chi connectivity index (χ1n) is 8.29. The van der Waals surface area contributed by atoms with Gasteiger partial charge in [-0.25, -0.2) is 0 Å². The molecule has 0 spiro atoms. The molecule has 0 radical (unpaired) electrons. The Balaban J connectivity index is 1.74. The lowest BCUT2D eigenvalue weighted by molar-refractivity contribution is 0.207. The predicted molar refractivity (Wildman–Crippen MR) is 86.5 cm³/mol. The van der Waals surface area contributed by atoms with Gasteiger partial charge in [0.2, 0.25) is 5.89 Å². The molecule has 2 aromatic rings. The van der Waals surface area contributed by atoms with Crippen LogP contribution in [-0.4, -0.2) is 10.1 Å². The van der Waals surface area contributed by atoms with Crippen LogP contribution in [0.25, 0.3) is 0 Å². The molecule has 4 heteroatoms. The van der Waals surface area contributed by atoms with Crippen LogP contribution in [-0.2, 0) is 0 Å². The molecule has 22 heavy (non-hydrogen) atoms. The maximum absolute atomic E-state index is 5.43. The Labute approximate surface area is 132 Å². The van der Waals surface area contributed by atoms with Crippen LogP contribution in [0, 0.1) is 5.92 Å². The van der Waals surface area contributed by atoms with Crippen LogP contribution < -0.4 is 5.32 Å². The van der Waals surface area contributed by atoms with Gasteiger partial charge in [0.15, 0.2) is 5.82 Å². The van der Waals surface area contributed by atoms with E-state index in [0.717, 1.165) is 5.82 Å². The second-order valence-corrected chi connectivity index (χ2v) is 6.61. The molecule has 2 atom stereocenters. The second-order valence-electron chi connectivity index (χ2n) is 6.61. The maximum atomic E-state index is 5.43. The fourth-order valence-electron chi connectivity index (χ4n) is 2.94. The standard InChI is InChI=1S/C18H25N3O/c1-12(2)17-20-18(22-21-17)13(3)19-16(15-10-7-11-15)14-8-5-4-6-9-14/h4-6,8-9,12-13,15-16,19H,7,10-11H2,1-3H3/t13-,16-/m0/s1. The van der Waals surface area contributed by atoms with Crippen LogP contribution in [0.2, 0.25) is 0 Å². The topological polar surface area (TPSA) is 51.0 Å². The average Bonchev–Trinajstić information content (AvgIpc) is 2.95. The monoisotopic (exact) mass is 299 g/mol. The van der Waals surface area contributed by atoms with Gasteiger partial charge in [0.1, 0.15) is 0 Å². The van der Waals surface area contributed by atoms with E-state index in [-0.39, 0.29) is 6.04 Å². The van der Waals surface area contributed by atoms with Gasteiger partial charge in [-0.2, -0.15) is 4.98 Å². The number of nitrogens with zero attached hydrogens (tertiary/aromatic N) is 2. The van der Waals surface area contributed by atoms with Gasteiger partial charge in [-0.1, -0.05) is 55.8 Å². The SMILES string of the molecule is CC(C)c1noc([C@H](C)N[C@@H](c2ccccc2)C2CCC2)n1. The van der Waals surface area contributed by atoms with E-state index < -0.39 is 0 Å². The van der Waals surface area contributed by atoms with E-state index in [1.54, 1.807) is 0 Å². The van der Waals surface area contributed by atoms with Crippen molar-refractivity contribution in [2.75, 3.05) is 0 Å². The summed E-state index contributed by atoms with van der Waals surface area (Å²) in [5, 5.41) is 7.78. The minimum absolute atomic E-state index is 0.0609. The number of benzene rings is 1. The first kappa shape index (κ1) is 15.2. The molecule has 0 aliphatic heterocycles. The van der Waals surface area contributed by atoms with Crippen molar-refractivity contribution in [1.82, 2.24) is 15.5 Å². The van der Waals surface area contributed by atoms with E-state index >= 15 is 0 Å². The van der Waals surface area contributed by atoms with Gasteiger partial charge in [0, 0.05) is 12.0 Å². The first-order chi connectivity index (χ1) is 10.6. The zero-order valence-electron chi connectivity index (χ0n) is 13.6. The molecule has 0 unspecified atom stereocenters. The predicted octanol–water partition coefficient (Wildman–Crippen LogP) is 4.39. The molecule has 1 heterocycles. The average molecular weight is 299 g/mol. The highest BCUT2D eigenvalue weighted by Crippen LogP contribution is 2.38. The van der Waals surface area contributed by atoms with Gasteiger partial charge in [0.25, 0.3) is 0 Å². The summed E-state index contributed by atoms with van der Waals surface area (Å²) in [6.45, 7) is 6.26. The Bertz CT molecular complexity index is 589. The highest BCUT2D eigenvalue weighted by Gasteiger charge is 2.30. The van der Waals surface area contributed by atoms with E-state index in [4.69, 9.17) is 4.52 Å². The molecule has 1 aromatic carbocycles. The van der Waals surface area contributed by atoms with Gasteiger partial charge in [-0.3, -0.25) is 5.32 Å². The fourth-order valence-corrected chi connectivity index (χ4v) is 2.94. The Morgan fingerprint density at radius 1 is 1.14 bits per heavy atom. The summed E-state index contributed by atoms with van der Waals surface area (Å²) in [6, 6.07) is 11.1. The number of rotatable bonds is 6. The quantitative estimate of drug-likeness (QED) is 0.859. The van der Waals surface area contributed by atoms with Gasteiger partial charge >= 0.3 is 0 Å². The second kappa shape index (κ2) is 6.61. The summed E-state index contributed by atoms with van der Waals surface area (Å²) in [5.74, 6) is 2.46. The summed E-state index contributed by atoms with van der Waals surface area (Å²) < 4.78 is 5.43. The van der Waals surface area contributed by atoms with Gasteiger partial charge < -0.3 is 4.52 Å². The molecular weight excluding hydrogens is 274 g/mol. The zero-order chi connectivity index (χ0) is 15.5. The van der Waals surface area contributed by atoms with Crippen LogP contribution in [0.15, 0.2) is 34.9 Å². The summed E-state index contributed by atoms with van der Waals surface area (Å²) in [5.41, 5.74) is 1.35. The normalized spacial score (nSPS) is 18.2. The lowest BCUT2D eigenvalue weighted by atomic mass is 9.77. The van der Waals surface area contributed by atoms with Crippen molar-refractivity contribution in [1.29, 1.82) is 0 Å². The third-order valence-corrected chi connectivity index (χ3v) is 4.55. The Hall–Kier alpha value is -1.68. The Morgan fingerprint density at radius 3 is 2.41 bits per heavy atom.